The van der Waals surface area contributed by atoms with Gasteiger partial charge in [0, 0.05) is 13.1 Å². The maximum Gasteiger partial charge on any atom is 0.289 e. The fourth-order valence-electron chi connectivity index (χ4n) is 3.77. The van der Waals surface area contributed by atoms with Crippen molar-refractivity contribution in [2.75, 3.05) is 33.3 Å². The monoisotopic (exact) mass is 426 g/mol. The third-order valence-corrected chi connectivity index (χ3v) is 5.55. The molecule has 0 bridgehead atoms. The van der Waals surface area contributed by atoms with Crippen LogP contribution in [-0.2, 0) is 9.53 Å². The molecule has 0 aromatic rings. The molecule has 1 rings (SSSR count). The molecule has 1 amide bonds. The molecule has 1 heterocycles. The molecule has 0 aromatic heterocycles. The zero-order valence-corrected chi connectivity index (χ0v) is 19.9. The average Bonchev–Trinajstić information content (AvgIpc) is 2.79. The molecule has 0 saturated carbocycles. The quantitative estimate of drug-likeness (QED) is 0.167. The number of amides is 1. The molecule has 0 spiro atoms. The van der Waals surface area contributed by atoms with Gasteiger partial charge >= 0.3 is 0 Å². The second-order valence-electron chi connectivity index (χ2n) is 7.99. The summed E-state index contributed by atoms with van der Waals surface area (Å²) in [6.45, 7) is 15.1. The summed E-state index contributed by atoms with van der Waals surface area (Å²) in [5, 5.41) is 3.41. The number of hydrogen-bond donors (Lipinski definition) is 1. The Morgan fingerprint density at radius 1 is 1.19 bits per heavy atom. The van der Waals surface area contributed by atoms with Gasteiger partial charge in [-0.15, -0.1) is 0 Å². The zero-order valence-electron chi connectivity index (χ0n) is 19.9. The number of nitrogens with zero attached hydrogens (tertiary/aromatic N) is 1. The van der Waals surface area contributed by atoms with Gasteiger partial charge in [0.15, 0.2) is 5.76 Å². The lowest BCUT2D eigenvalue weighted by atomic mass is 9.96. The molecule has 172 valence electrons. The lowest BCUT2D eigenvalue weighted by Gasteiger charge is -2.31. The number of methoxy groups -OCH3 is 1. The zero-order chi connectivity index (χ0) is 22.9. The predicted molar refractivity (Wildman–Crippen MR) is 133 cm³/mol. The highest BCUT2D eigenvalue weighted by atomic mass is 16.5. The number of rotatable bonds is 14. The Kier molecular flexibility index (Phi) is 14.1. The summed E-state index contributed by atoms with van der Waals surface area (Å²) in [6.07, 6.45) is 20.0. The van der Waals surface area contributed by atoms with Gasteiger partial charge in [0.25, 0.3) is 5.91 Å². The van der Waals surface area contributed by atoms with E-state index < -0.39 is 0 Å². The van der Waals surface area contributed by atoms with Crippen molar-refractivity contribution in [2.24, 2.45) is 5.92 Å². The smallest absolute Gasteiger partial charge is 0.289 e. The molecular formula is C27H42N2O2. The van der Waals surface area contributed by atoms with Crippen molar-refractivity contribution in [2.45, 2.75) is 52.4 Å². The first kappa shape index (κ1) is 26.7. The molecule has 0 aliphatic carbocycles. The Morgan fingerprint density at radius 3 is 2.52 bits per heavy atom. The van der Waals surface area contributed by atoms with E-state index in [9.17, 15) is 4.79 Å². The number of unbranched alkanes of at least 4 members (excludes halogenated alkanes) is 2. The second kappa shape index (κ2) is 16.4. The molecular weight excluding hydrogens is 384 g/mol. The van der Waals surface area contributed by atoms with Gasteiger partial charge in [-0.05, 0) is 63.3 Å². The van der Waals surface area contributed by atoms with Gasteiger partial charge in [0.2, 0.25) is 0 Å². The normalized spacial score (nSPS) is 16.4. The van der Waals surface area contributed by atoms with Crippen molar-refractivity contribution in [3.63, 3.8) is 0 Å². The minimum absolute atomic E-state index is 0.0639. The molecule has 0 unspecified atom stereocenters. The van der Waals surface area contributed by atoms with Crippen molar-refractivity contribution >= 4 is 5.91 Å². The number of ether oxygens (including phenoxy) is 1. The molecule has 1 saturated heterocycles. The lowest BCUT2D eigenvalue weighted by molar-refractivity contribution is -0.130. The third-order valence-electron chi connectivity index (χ3n) is 5.55. The highest BCUT2D eigenvalue weighted by molar-refractivity contribution is 5.92. The van der Waals surface area contributed by atoms with Crippen LogP contribution in [0.3, 0.4) is 0 Å². The highest BCUT2D eigenvalue weighted by Crippen LogP contribution is 2.20. The summed E-state index contributed by atoms with van der Waals surface area (Å²) in [5.41, 5.74) is 2.40. The number of hydrogen-bond acceptors (Lipinski definition) is 3. The fraction of sp³-hybridized carbons (Fsp3) is 0.519. The molecule has 1 aliphatic rings. The van der Waals surface area contributed by atoms with Gasteiger partial charge in [-0.2, -0.15) is 0 Å². The third kappa shape index (κ3) is 10.5. The summed E-state index contributed by atoms with van der Waals surface area (Å²) < 4.78 is 5.39. The van der Waals surface area contributed by atoms with Crippen LogP contribution in [0.5, 0.6) is 0 Å². The van der Waals surface area contributed by atoms with Crippen LogP contribution in [0.1, 0.15) is 52.4 Å². The first-order valence-corrected chi connectivity index (χ1v) is 11.6. The molecule has 1 fully saturated rings. The maximum absolute atomic E-state index is 13.3. The topological polar surface area (TPSA) is 41.6 Å². The van der Waals surface area contributed by atoms with E-state index in [0.29, 0.717) is 18.2 Å². The summed E-state index contributed by atoms with van der Waals surface area (Å²) >= 11 is 0. The van der Waals surface area contributed by atoms with Gasteiger partial charge in [-0.1, -0.05) is 75.0 Å². The number of allylic oxidation sites excluding steroid dienone is 8. The van der Waals surface area contributed by atoms with Gasteiger partial charge in [-0.3, -0.25) is 4.79 Å². The van der Waals surface area contributed by atoms with Gasteiger partial charge < -0.3 is 15.0 Å². The molecule has 4 heteroatoms. The molecule has 1 aliphatic heterocycles. The van der Waals surface area contributed by atoms with E-state index in [2.05, 4.69) is 43.6 Å². The van der Waals surface area contributed by atoms with Crippen LogP contribution < -0.4 is 5.32 Å². The van der Waals surface area contributed by atoms with Crippen LogP contribution in [0.4, 0.5) is 0 Å². The van der Waals surface area contributed by atoms with Gasteiger partial charge in [0.05, 0.1) is 7.11 Å². The largest absolute Gasteiger partial charge is 0.491 e. The van der Waals surface area contributed by atoms with Crippen LogP contribution in [0, 0.1) is 5.92 Å². The van der Waals surface area contributed by atoms with Gasteiger partial charge in [0.1, 0.15) is 0 Å². The first-order valence-electron chi connectivity index (χ1n) is 11.6. The van der Waals surface area contributed by atoms with Gasteiger partial charge in [-0.25, -0.2) is 0 Å². The molecule has 31 heavy (non-hydrogen) atoms. The molecule has 0 atom stereocenters. The summed E-state index contributed by atoms with van der Waals surface area (Å²) in [5.74, 6) is 0.784. The van der Waals surface area contributed by atoms with Crippen LogP contribution in [0.25, 0.3) is 0 Å². The van der Waals surface area contributed by atoms with Crippen LogP contribution in [0.2, 0.25) is 0 Å². The standard InChI is InChI=1S/C27H42N2O2/c1-6-10-12-15-25(20-23(9-4)14-11-7-2)22-29(21-24-16-18-28-19-17-24)27(30)26(31-5)13-8-3/h7-9,11,13-14,20,24,28H,2-3,6,10,12,15-19,21-22H2,1,4-5H3/b14-11-,23-9+,25-20+,26-13-. The fourth-order valence-corrected chi connectivity index (χ4v) is 3.77. The number of nitrogens with one attached hydrogen (secondary N) is 1. The number of piperidine rings is 1. The molecule has 0 aromatic carbocycles. The van der Waals surface area contributed by atoms with Crippen LogP contribution >= 0.6 is 0 Å². The second-order valence-corrected chi connectivity index (χ2v) is 7.99. The minimum Gasteiger partial charge on any atom is -0.491 e. The summed E-state index contributed by atoms with van der Waals surface area (Å²) in [6, 6.07) is 0. The lowest BCUT2D eigenvalue weighted by Crippen LogP contribution is -2.41. The maximum atomic E-state index is 13.3. The van der Waals surface area contributed by atoms with Crippen molar-refractivity contribution in [1.29, 1.82) is 0 Å². The predicted octanol–water partition coefficient (Wildman–Crippen LogP) is 5.73. The van der Waals surface area contributed by atoms with Crippen LogP contribution in [0.15, 0.2) is 72.6 Å². The van der Waals surface area contributed by atoms with Crippen molar-refractivity contribution < 1.29 is 9.53 Å². The van der Waals surface area contributed by atoms with Crippen molar-refractivity contribution in [1.82, 2.24) is 10.2 Å². The molecule has 4 nitrogen and oxygen atoms in total. The van der Waals surface area contributed by atoms with E-state index in [1.807, 2.05) is 17.9 Å². The molecule has 1 N–H and O–H groups in total. The van der Waals surface area contributed by atoms with E-state index in [4.69, 9.17) is 4.74 Å². The minimum atomic E-state index is -0.0639. The first-order chi connectivity index (χ1) is 15.1. The Labute approximate surface area is 190 Å². The Balaban J connectivity index is 3.17. The van der Waals surface area contributed by atoms with Crippen molar-refractivity contribution in [3.05, 3.63) is 72.6 Å². The van der Waals surface area contributed by atoms with E-state index in [-0.39, 0.29) is 5.91 Å². The highest BCUT2D eigenvalue weighted by Gasteiger charge is 2.24. The Hall–Kier alpha value is -2.33. The number of carbonyl (C=O) groups is 1. The van der Waals surface area contributed by atoms with Crippen molar-refractivity contribution in [3.8, 4) is 0 Å². The summed E-state index contributed by atoms with van der Waals surface area (Å²) in [7, 11) is 1.55. The summed E-state index contributed by atoms with van der Waals surface area (Å²) in [4.78, 5) is 15.3. The Morgan fingerprint density at radius 2 is 1.94 bits per heavy atom. The van der Waals surface area contributed by atoms with E-state index >= 15 is 0 Å². The molecule has 0 radical (unpaired) electrons. The SMILES string of the molecule is C=C\C=C/C(=C\C)/C=C(\CCCCC)CN(CC1CCNCC1)C(=O)/C(=C/C=C)OC. The van der Waals surface area contributed by atoms with E-state index in [1.54, 1.807) is 25.3 Å². The number of carbonyl (C=O) groups excluding carboxylic acids is 1. The van der Waals surface area contributed by atoms with Crippen LogP contribution in [-0.4, -0.2) is 44.1 Å². The van der Waals surface area contributed by atoms with E-state index in [1.165, 1.54) is 18.4 Å². The van der Waals surface area contributed by atoms with E-state index in [0.717, 1.165) is 50.9 Å². The average molecular weight is 427 g/mol. The Bertz CT molecular complexity index is 679.